The minimum atomic E-state index is -0.0139. The van der Waals surface area contributed by atoms with Crippen LogP contribution in [0, 0.1) is 0 Å². The highest BCUT2D eigenvalue weighted by molar-refractivity contribution is 6.09. The number of hydrogen-bond donors (Lipinski definition) is 0. The van der Waals surface area contributed by atoms with Gasteiger partial charge in [-0.05, 0) is 69.8 Å². The van der Waals surface area contributed by atoms with Crippen LogP contribution >= 0.6 is 0 Å². The highest BCUT2D eigenvalue weighted by atomic mass is 15.2. The average Bonchev–Trinajstić information content (AvgIpc) is 3.96. The van der Waals surface area contributed by atoms with Gasteiger partial charge in [-0.25, -0.2) is 9.97 Å². The third-order valence-electron chi connectivity index (χ3n) is 14.2. The summed E-state index contributed by atoms with van der Waals surface area (Å²) in [7, 11) is 0. The minimum Gasteiger partial charge on any atom is -0.278 e. The number of fused-ring (bicyclic) bond motifs is 6. The first-order valence-electron chi connectivity index (χ1n) is 23.4. The van der Waals surface area contributed by atoms with E-state index in [0.717, 1.165) is 65.9 Å². The number of rotatable bonds is 6. The molecule has 3 aliphatic rings. The second-order valence-electron chi connectivity index (χ2n) is 18.0. The van der Waals surface area contributed by atoms with Gasteiger partial charge in [0.1, 0.15) is 0 Å². The molecule has 326 valence electrons. The van der Waals surface area contributed by atoms with Crippen molar-refractivity contribution >= 4 is 43.6 Å². The van der Waals surface area contributed by atoms with E-state index in [0.29, 0.717) is 35.2 Å². The van der Waals surface area contributed by atoms with E-state index in [-0.39, 0.29) is 11.8 Å². The molecule has 2 bridgehead atoms. The fourth-order valence-corrected chi connectivity index (χ4v) is 11.2. The summed E-state index contributed by atoms with van der Waals surface area (Å²) in [5.41, 5.74) is 15.3. The molecule has 10 heteroatoms. The second kappa shape index (κ2) is 15.0. The van der Waals surface area contributed by atoms with Crippen LogP contribution < -0.4 is 0 Å². The fourth-order valence-electron chi connectivity index (χ4n) is 11.2. The molecule has 70 heavy (non-hydrogen) atoms. The Morgan fingerprint density at radius 2 is 0.657 bits per heavy atom. The summed E-state index contributed by atoms with van der Waals surface area (Å²) in [4.78, 5) is 40.3. The molecule has 0 fully saturated rings. The highest BCUT2D eigenvalue weighted by Crippen LogP contribution is 2.56. The van der Waals surface area contributed by atoms with E-state index in [2.05, 4.69) is 153 Å². The van der Waals surface area contributed by atoms with E-state index in [1.165, 1.54) is 33.4 Å². The maximum absolute atomic E-state index is 5.30. The van der Waals surface area contributed by atoms with E-state index in [1.807, 2.05) is 73.3 Å². The Morgan fingerprint density at radius 1 is 0.286 bits per heavy atom. The Bertz CT molecular complexity index is 3890. The van der Waals surface area contributed by atoms with Crippen molar-refractivity contribution in [1.82, 2.24) is 49.0 Å². The van der Waals surface area contributed by atoms with Crippen molar-refractivity contribution in [3.8, 4) is 57.4 Å². The average molecular weight is 897 g/mol. The zero-order chi connectivity index (χ0) is 45.9. The van der Waals surface area contributed by atoms with E-state index in [4.69, 9.17) is 29.9 Å². The smallest absolute Gasteiger partial charge is 0.238 e. The maximum atomic E-state index is 5.30. The van der Waals surface area contributed by atoms with Crippen LogP contribution in [-0.4, -0.2) is 49.0 Å². The Morgan fingerprint density at radius 3 is 1.11 bits per heavy atom. The molecule has 0 radical (unpaired) electrons. The molecule has 6 heterocycles. The minimum absolute atomic E-state index is 0.0139. The van der Waals surface area contributed by atoms with Crippen LogP contribution in [0.1, 0.15) is 45.2 Å². The molecule has 16 rings (SSSR count). The molecular formula is C60H36N10. The lowest BCUT2D eigenvalue weighted by molar-refractivity contribution is 0.754. The van der Waals surface area contributed by atoms with Gasteiger partial charge in [0.15, 0.2) is 23.3 Å². The largest absolute Gasteiger partial charge is 0.278 e. The lowest BCUT2D eigenvalue weighted by atomic mass is 9.61. The van der Waals surface area contributed by atoms with Gasteiger partial charge >= 0.3 is 0 Å². The Labute approximate surface area is 400 Å². The topological polar surface area (TPSA) is 113 Å². The lowest BCUT2D eigenvalue weighted by Crippen LogP contribution is -2.27. The second-order valence-corrected chi connectivity index (χ2v) is 18.0. The number of pyridine rings is 2. The lowest BCUT2D eigenvalue weighted by Gasteiger charge is -2.42. The summed E-state index contributed by atoms with van der Waals surface area (Å²) in [6.45, 7) is 0. The summed E-state index contributed by atoms with van der Waals surface area (Å²) in [5.74, 6) is 3.50. The van der Waals surface area contributed by atoms with Crippen molar-refractivity contribution in [3.63, 3.8) is 0 Å². The van der Waals surface area contributed by atoms with Crippen molar-refractivity contribution in [2.75, 3.05) is 0 Å². The molecule has 0 N–H and O–H groups in total. The Hall–Kier alpha value is -9.54. The van der Waals surface area contributed by atoms with Crippen molar-refractivity contribution in [1.29, 1.82) is 0 Å². The standard InChI is InChI=1S/C60H36N10/c1-3-13-35(14-4-1)55-63-57(67-59(65-55)69-49-21-11-9-17-39(49)47-33-61-29-27-51(47)69)37-23-25-43-45(31-37)53-41-19-7-8-20-42(41)54(43)46-32-38(24-26-44(46)53)58-64-56(36-15-5-2-6-16-36)66-60(68-58)70-50-22-12-10-18-40(50)48-34-62-30-28-52(48)70/h1-34,53-54H. The monoisotopic (exact) mass is 896 g/mol. The van der Waals surface area contributed by atoms with Gasteiger partial charge in [-0.3, -0.25) is 19.1 Å². The van der Waals surface area contributed by atoms with Gasteiger partial charge in [0.05, 0.1) is 22.1 Å². The molecule has 13 aromatic rings. The van der Waals surface area contributed by atoms with Gasteiger partial charge in [-0.1, -0.05) is 146 Å². The number of para-hydroxylation sites is 2. The molecule has 0 amide bonds. The van der Waals surface area contributed by atoms with E-state index < -0.39 is 0 Å². The van der Waals surface area contributed by atoms with Gasteiger partial charge in [0.25, 0.3) is 0 Å². The molecule has 7 aromatic carbocycles. The van der Waals surface area contributed by atoms with Crippen LogP contribution in [0.25, 0.3) is 101 Å². The maximum Gasteiger partial charge on any atom is 0.238 e. The van der Waals surface area contributed by atoms with Crippen LogP contribution in [-0.2, 0) is 0 Å². The first-order valence-corrected chi connectivity index (χ1v) is 23.4. The van der Waals surface area contributed by atoms with Crippen LogP contribution in [0.4, 0.5) is 0 Å². The summed E-state index contributed by atoms with van der Waals surface area (Å²) in [6, 6.07) is 63.5. The van der Waals surface area contributed by atoms with E-state index >= 15 is 0 Å². The molecule has 3 aliphatic carbocycles. The molecule has 2 unspecified atom stereocenters. The molecule has 0 aliphatic heterocycles. The number of benzene rings is 7. The highest BCUT2D eigenvalue weighted by Gasteiger charge is 2.41. The van der Waals surface area contributed by atoms with Crippen LogP contribution in [0.2, 0.25) is 0 Å². The SMILES string of the molecule is c1ccc(-c2nc(-c3ccc4c(c3)C3c5ccccc5C4c4cc(-c5nc(-c6ccccc6)nc(-n6c7ccccc7c7cnccc76)n5)ccc43)nc(-n3c4ccccc4c4cnccc43)n2)cc1. The van der Waals surface area contributed by atoms with Crippen molar-refractivity contribution in [2.24, 2.45) is 0 Å². The Balaban J connectivity index is 0.891. The molecule has 0 saturated heterocycles. The van der Waals surface area contributed by atoms with Gasteiger partial charge in [-0.2, -0.15) is 19.9 Å². The van der Waals surface area contributed by atoms with E-state index in [1.54, 1.807) is 0 Å². The first-order chi connectivity index (χ1) is 34.7. The van der Waals surface area contributed by atoms with Gasteiger partial charge < -0.3 is 0 Å². The number of hydrogen-bond acceptors (Lipinski definition) is 8. The zero-order valence-electron chi connectivity index (χ0n) is 37.3. The van der Waals surface area contributed by atoms with Gasteiger partial charge in [-0.15, -0.1) is 0 Å². The predicted molar refractivity (Wildman–Crippen MR) is 274 cm³/mol. The summed E-state index contributed by atoms with van der Waals surface area (Å²) in [6.07, 6.45) is 7.48. The van der Waals surface area contributed by atoms with Crippen LogP contribution in [0.5, 0.6) is 0 Å². The number of nitrogens with zero attached hydrogens (tertiary/aromatic N) is 10. The quantitative estimate of drug-likeness (QED) is 0.162. The predicted octanol–water partition coefficient (Wildman–Crippen LogP) is 12.7. The van der Waals surface area contributed by atoms with Crippen LogP contribution in [0.15, 0.2) is 207 Å². The third kappa shape index (κ3) is 5.73. The molecule has 0 spiro atoms. The molecule has 2 atom stereocenters. The number of aromatic nitrogens is 10. The normalized spacial score (nSPS) is 14.6. The molecule has 6 aromatic heterocycles. The summed E-state index contributed by atoms with van der Waals surface area (Å²) in [5, 5.41) is 4.26. The van der Waals surface area contributed by atoms with Crippen molar-refractivity contribution in [2.45, 2.75) is 11.8 Å². The van der Waals surface area contributed by atoms with Crippen molar-refractivity contribution in [3.05, 3.63) is 240 Å². The summed E-state index contributed by atoms with van der Waals surface area (Å²) >= 11 is 0. The molecule has 10 nitrogen and oxygen atoms in total. The third-order valence-corrected chi connectivity index (χ3v) is 14.2. The van der Waals surface area contributed by atoms with Gasteiger partial charge in [0, 0.05) is 80.4 Å². The molecule has 0 saturated carbocycles. The Kier molecular flexibility index (Phi) is 8.25. The molecular weight excluding hydrogens is 861 g/mol. The van der Waals surface area contributed by atoms with Gasteiger partial charge in [0.2, 0.25) is 11.9 Å². The first kappa shape index (κ1) is 38.6. The zero-order valence-corrected chi connectivity index (χ0v) is 37.3. The van der Waals surface area contributed by atoms with E-state index in [9.17, 15) is 0 Å². The summed E-state index contributed by atoms with van der Waals surface area (Å²) < 4.78 is 4.26. The van der Waals surface area contributed by atoms with Crippen molar-refractivity contribution < 1.29 is 0 Å². The fraction of sp³-hybridized carbons (Fsp3) is 0.0333. The van der Waals surface area contributed by atoms with Crippen LogP contribution in [0.3, 0.4) is 0 Å².